The summed E-state index contributed by atoms with van der Waals surface area (Å²) in [6.07, 6.45) is 0. The number of benzene rings is 2. The van der Waals surface area contributed by atoms with Gasteiger partial charge in [0.25, 0.3) is 0 Å². The first kappa shape index (κ1) is 15.6. The quantitative estimate of drug-likeness (QED) is 0.502. The Balaban J connectivity index is 2.17. The summed E-state index contributed by atoms with van der Waals surface area (Å²) >= 11 is 3.41. The summed E-state index contributed by atoms with van der Waals surface area (Å²) < 4.78 is 16.0. The average Bonchev–Trinajstić information content (AvgIpc) is 2.60. The van der Waals surface area contributed by atoms with Crippen LogP contribution in [0.1, 0.15) is 5.56 Å². The number of hydrogen-bond acceptors (Lipinski definition) is 4. The smallest absolute Gasteiger partial charge is 0.344 e. The van der Waals surface area contributed by atoms with E-state index in [2.05, 4.69) is 15.9 Å². The Morgan fingerprint density at radius 3 is 2.26 bits per heavy atom. The van der Waals surface area contributed by atoms with Gasteiger partial charge in [-0.3, -0.25) is 0 Å². The molecular formula is C18H15BrO4. The van der Waals surface area contributed by atoms with Gasteiger partial charge in [-0.15, -0.1) is 0 Å². The van der Waals surface area contributed by atoms with Gasteiger partial charge in [0.05, 0.1) is 19.8 Å². The maximum absolute atomic E-state index is 12.3. The number of alkyl halides is 1. The molecule has 23 heavy (non-hydrogen) atoms. The van der Waals surface area contributed by atoms with Crippen LogP contribution in [0.2, 0.25) is 0 Å². The first-order valence-corrected chi connectivity index (χ1v) is 8.13. The molecule has 118 valence electrons. The SMILES string of the molecule is COc1cc2cc(-c3ccc(CBr)cc3)c(=O)oc2cc1OC. The van der Waals surface area contributed by atoms with E-state index in [0.717, 1.165) is 21.8 Å². The lowest BCUT2D eigenvalue weighted by molar-refractivity contribution is 0.355. The number of fused-ring (bicyclic) bond motifs is 1. The zero-order chi connectivity index (χ0) is 16.4. The van der Waals surface area contributed by atoms with Crippen molar-refractivity contribution < 1.29 is 13.9 Å². The largest absolute Gasteiger partial charge is 0.493 e. The van der Waals surface area contributed by atoms with E-state index in [9.17, 15) is 4.79 Å². The fourth-order valence-electron chi connectivity index (χ4n) is 2.42. The van der Waals surface area contributed by atoms with Gasteiger partial charge in [0.15, 0.2) is 11.5 Å². The lowest BCUT2D eigenvalue weighted by Gasteiger charge is -2.09. The van der Waals surface area contributed by atoms with Gasteiger partial charge in [0.2, 0.25) is 0 Å². The summed E-state index contributed by atoms with van der Waals surface area (Å²) in [6, 6.07) is 13.0. The molecule has 5 heteroatoms. The van der Waals surface area contributed by atoms with Gasteiger partial charge in [-0.2, -0.15) is 0 Å². The summed E-state index contributed by atoms with van der Waals surface area (Å²) in [5, 5.41) is 1.55. The summed E-state index contributed by atoms with van der Waals surface area (Å²) in [6.45, 7) is 0. The van der Waals surface area contributed by atoms with Crippen LogP contribution in [-0.4, -0.2) is 14.2 Å². The number of rotatable bonds is 4. The topological polar surface area (TPSA) is 48.7 Å². The summed E-state index contributed by atoms with van der Waals surface area (Å²) in [5.74, 6) is 1.12. The third kappa shape index (κ3) is 2.97. The zero-order valence-corrected chi connectivity index (χ0v) is 14.3. The van der Waals surface area contributed by atoms with Crippen LogP contribution in [0.3, 0.4) is 0 Å². The molecule has 0 saturated carbocycles. The Kier molecular flexibility index (Phi) is 4.39. The lowest BCUT2D eigenvalue weighted by atomic mass is 10.0. The van der Waals surface area contributed by atoms with Gasteiger partial charge in [0, 0.05) is 16.8 Å². The molecule has 0 unspecified atom stereocenters. The van der Waals surface area contributed by atoms with Crippen LogP contribution in [-0.2, 0) is 5.33 Å². The zero-order valence-electron chi connectivity index (χ0n) is 12.8. The molecule has 0 bridgehead atoms. The highest BCUT2D eigenvalue weighted by atomic mass is 79.9. The van der Waals surface area contributed by atoms with E-state index in [1.807, 2.05) is 30.3 Å². The average molecular weight is 375 g/mol. The van der Waals surface area contributed by atoms with Crippen molar-refractivity contribution in [2.24, 2.45) is 0 Å². The van der Waals surface area contributed by atoms with Gasteiger partial charge in [0.1, 0.15) is 5.58 Å². The number of methoxy groups -OCH3 is 2. The van der Waals surface area contributed by atoms with Crippen LogP contribution in [0.25, 0.3) is 22.1 Å². The Hall–Kier alpha value is -2.27. The summed E-state index contributed by atoms with van der Waals surface area (Å²) in [7, 11) is 3.12. The number of halogens is 1. The van der Waals surface area contributed by atoms with Gasteiger partial charge in [-0.25, -0.2) is 4.79 Å². The molecule has 0 atom stereocenters. The molecule has 0 fully saturated rings. The minimum atomic E-state index is -0.378. The van der Waals surface area contributed by atoms with Crippen LogP contribution in [0, 0.1) is 0 Å². The van der Waals surface area contributed by atoms with E-state index in [-0.39, 0.29) is 5.63 Å². The minimum absolute atomic E-state index is 0.378. The molecule has 1 heterocycles. The van der Waals surface area contributed by atoms with E-state index in [0.29, 0.717) is 22.6 Å². The third-order valence-electron chi connectivity index (χ3n) is 3.66. The molecule has 0 aliphatic carbocycles. The highest BCUT2D eigenvalue weighted by molar-refractivity contribution is 9.08. The molecule has 0 aliphatic heterocycles. The van der Waals surface area contributed by atoms with Crippen molar-refractivity contribution >= 4 is 26.9 Å². The monoisotopic (exact) mass is 374 g/mol. The number of hydrogen-bond donors (Lipinski definition) is 0. The van der Waals surface area contributed by atoms with Crippen molar-refractivity contribution in [3.8, 4) is 22.6 Å². The fourth-order valence-corrected chi connectivity index (χ4v) is 2.79. The highest BCUT2D eigenvalue weighted by Gasteiger charge is 2.12. The standard InChI is InChI=1S/C18H15BrO4/c1-21-16-8-13-7-14(12-5-3-11(10-19)4-6-12)18(20)23-15(13)9-17(16)22-2/h3-9H,10H2,1-2H3. The predicted molar refractivity (Wildman–Crippen MR) is 93.7 cm³/mol. The van der Waals surface area contributed by atoms with Crippen molar-refractivity contribution in [3.05, 3.63) is 58.4 Å². The van der Waals surface area contributed by atoms with Crippen molar-refractivity contribution in [1.29, 1.82) is 0 Å². The normalized spacial score (nSPS) is 10.7. The third-order valence-corrected chi connectivity index (χ3v) is 4.31. The second-order valence-corrected chi connectivity index (χ2v) is 5.58. The van der Waals surface area contributed by atoms with Crippen molar-refractivity contribution in [3.63, 3.8) is 0 Å². The van der Waals surface area contributed by atoms with Crippen LogP contribution in [0.5, 0.6) is 11.5 Å². The van der Waals surface area contributed by atoms with E-state index in [1.165, 1.54) is 0 Å². The maximum Gasteiger partial charge on any atom is 0.344 e. The molecule has 4 nitrogen and oxygen atoms in total. The van der Waals surface area contributed by atoms with Crippen molar-refractivity contribution in [2.45, 2.75) is 5.33 Å². The molecule has 0 amide bonds. The van der Waals surface area contributed by atoms with Gasteiger partial charge in [-0.1, -0.05) is 40.2 Å². The second-order valence-electron chi connectivity index (χ2n) is 5.02. The molecular weight excluding hydrogens is 360 g/mol. The van der Waals surface area contributed by atoms with Gasteiger partial charge < -0.3 is 13.9 Å². The van der Waals surface area contributed by atoms with Crippen molar-refractivity contribution in [2.75, 3.05) is 14.2 Å². The van der Waals surface area contributed by atoms with E-state index in [4.69, 9.17) is 13.9 Å². The molecule has 3 rings (SSSR count). The van der Waals surface area contributed by atoms with Gasteiger partial charge in [-0.05, 0) is 23.3 Å². The van der Waals surface area contributed by atoms with Crippen LogP contribution in [0.4, 0.5) is 0 Å². The van der Waals surface area contributed by atoms with Crippen LogP contribution >= 0.6 is 15.9 Å². The summed E-state index contributed by atoms with van der Waals surface area (Å²) in [4.78, 5) is 12.3. The molecule has 3 aromatic rings. The Morgan fingerprint density at radius 2 is 1.65 bits per heavy atom. The van der Waals surface area contributed by atoms with E-state index in [1.54, 1.807) is 26.4 Å². The van der Waals surface area contributed by atoms with Crippen molar-refractivity contribution in [1.82, 2.24) is 0 Å². The summed E-state index contributed by atoms with van der Waals surface area (Å²) in [5.41, 5.74) is 2.57. The minimum Gasteiger partial charge on any atom is -0.493 e. The molecule has 0 saturated heterocycles. The van der Waals surface area contributed by atoms with E-state index < -0.39 is 0 Å². The molecule has 0 radical (unpaired) electrons. The Bertz CT molecular complexity index is 897. The molecule has 1 aromatic heterocycles. The molecule has 0 aliphatic rings. The lowest BCUT2D eigenvalue weighted by Crippen LogP contribution is -2.03. The van der Waals surface area contributed by atoms with Crippen LogP contribution < -0.4 is 15.1 Å². The number of ether oxygens (including phenoxy) is 2. The molecule has 0 N–H and O–H groups in total. The maximum atomic E-state index is 12.3. The molecule has 0 spiro atoms. The highest BCUT2D eigenvalue weighted by Crippen LogP contribution is 2.33. The van der Waals surface area contributed by atoms with E-state index >= 15 is 0 Å². The Morgan fingerprint density at radius 1 is 1.00 bits per heavy atom. The van der Waals surface area contributed by atoms with Gasteiger partial charge >= 0.3 is 5.63 Å². The van der Waals surface area contributed by atoms with Crippen LogP contribution in [0.15, 0.2) is 51.7 Å². The Labute approximate surface area is 141 Å². The first-order chi connectivity index (χ1) is 11.2. The molecule has 2 aromatic carbocycles. The first-order valence-electron chi connectivity index (χ1n) is 7.01. The predicted octanol–water partition coefficient (Wildman–Crippen LogP) is 4.37. The fraction of sp³-hybridized carbons (Fsp3) is 0.167. The second kappa shape index (κ2) is 6.46.